The smallest absolute Gasteiger partial charge is 0.298 e. The monoisotopic (exact) mass is 425 g/mol. The maximum absolute atomic E-state index is 12.0. The van der Waals surface area contributed by atoms with Gasteiger partial charge < -0.3 is 15.0 Å². The van der Waals surface area contributed by atoms with E-state index in [1.165, 1.54) is 6.33 Å². The van der Waals surface area contributed by atoms with Gasteiger partial charge in [0, 0.05) is 24.8 Å². The predicted octanol–water partition coefficient (Wildman–Crippen LogP) is 3.72. The highest BCUT2D eigenvalue weighted by Gasteiger charge is 2.31. The van der Waals surface area contributed by atoms with Crippen molar-refractivity contribution in [2.75, 3.05) is 18.4 Å². The van der Waals surface area contributed by atoms with E-state index in [1.54, 1.807) is 18.0 Å². The van der Waals surface area contributed by atoms with Crippen LogP contribution < -0.4 is 10.1 Å². The molecule has 160 valence electrons. The minimum absolute atomic E-state index is 0.0646. The fourth-order valence-corrected chi connectivity index (χ4v) is 3.44. The van der Waals surface area contributed by atoms with Crippen molar-refractivity contribution in [3.63, 3.8) is 0 Å². The first kappa shape index (κ1) is 21.1. The number of rotatable bonds is 7. The van der Waals surface area contributed by atoms with Crippen LogP contribution in [0.25, 0.3) is 0 Å². The molecule has 2 heterocycles. The number of nitrogens with zero attached hydrogens (tertiary/aromatic N) is 3. The van der Waals surface area contributed by atoms with Gasteiger partial charge in [-0.3, -0.25) is 10.2 Å². The standard InChI is InChI=1S/C25H23N5O2/c1-2-6-23(31)30-14-13-19(30)15-28-25-22(16-27-17-29-25)24(26)18-9-11-21(12-10-18)32-20-7-4-3-5-8-20/h3-5,7-12,16-17,19,26H,13-15H2,1H3,(H,27,28,29). The first-order valence-corrected chi connectivity index (χ1v) is 10.3. The van der Waals surface area contributed by atoms with Crippen LogP contribution in [0.5, 0.6) is 11.5 Å². The van der Waals surface area contributed by atoms with Crippen molar-refractivity contribution in [3.05, 3.63) is 78.2 Å². The molecule has 2 aromatic carbocycles. The lowest BCUT2D eigenvalue weighted by molar-refractivity contribution is -0.131. The minimum Gasteiger partial charge on any atom is -0.457 e. The molecule has 7 nitrogen and oxygen atoms in total. The van der Waals surface area contributed by atoms with Crippen LogP contribution in [-0.2, 0) is 4.79 Å². The number of nitrogens with one attached hydrogen (secondary N) is 2. The molecule has 1 fully saturated rings. The second kappa shape index (κ2) is 9.75. The number of ether oxygens (including phenoxy) is 1. The van der Waals surface area contributed by atoms with Gasteiger partial charge in [-0.25, -0.2) is 9.97 Å². The van der Waals surface area contributed by atoms with Crippen LogP contribution >= 0.6 is 0 Å². The van der Waals surface area contributed by atoms with Crippen LogP contribution in [0.15, 0.2) is 67.1 Å². The zero-order chi connectivity index (χ0) is 22.3. The molecule has 1 atom stereocenters. The molecule has 0 aliphatic carbocycles. The Labute approximate surface area is 187 Å². The molecular weight excluding hydrogens is 402 g/mol. The Morgan fingerprint density at radius 1 is 1.19 bits per heavy atom. The van der Waals surface area contributed by atoms with Crippen LogP contribution in [0.4, 0.5) is 5.82 Å². The molecule has 3 aromatic rings. The number of amides is 1. The Bertz CT molecular complexity index is 1170. The van der Waals surface area contributed by atoms with Crippen molar-refractivity contribution in [2.24, 2.45) is 0 Å². The lowest BCUT2D eigenvalue weighted by Crippen LogP contribution is -2.53. The van der Waals surface area contributed by atoms with E-state index < -0.39 is 0 Å². The fourth-order valence-electron chi connectivity index (χ4n) is 3.44. The second-order valence-electron chi connectivity index (χ2n) is 7.30. The Hall–Kier alpha value is -4.18. The Morgan fingerprint density at radius 2 is 1.94 bits per heavy atom. The van der Waals surface area contributed by atoms with Gasteiger partial charge in [-0.05, 0) is 55.7 Å². The maximum atomic E-state index is 12.0. The van der Waals surface area contributed by atoms with Gasteiger partial charge in [0.15, 0.2) is 0 Å². The molecule has 1 amide bonds. The lowest BCUT2D eigenvalue weighted by atomic mass is 10.0. The predicted molar refractivity (Wildman–Crippen MR) is 123 cm³/mol. The SMILES string of the molecule is CC#CC(=O)N1CCC1CNc1ncncc1C(=N)c1ccc(Oc2ccccc2)cc1. The minimum atomic E-state index is -0.154. The number of anilines is 1. The third-order valence-corrected chi connectivity index (χ3v) is 5.25. The van der Waals surface area contributed by atoms with Gasteiger partial charge in [0.2, 0.25) is 0 Å². The van der Waals surface area contributed by atoms with E-state index in [0.717, 1.165) is 17.7 Å². The summed E-state index contributed by atoms with van der Waals surface area (Å²) in [7, 11) is 0. The Morgan fingerprint density at radius 3 is 2.62 bits per heavy atom. The normalized spacial score (nSPS) is 14.5. The summed E-state index contributed by atoms with van der Waals surface area (Å²) < 4.78 is 5.82. The molecule has 0 spiro atoms. The van der Waals surface area contributed by atoms with Crippen molar-refractivity contribution in [1.82, 2.24) is 14.9 Å². The van der Waals surface area contributed by atoms with Crippen molar-refractivity contribution >= 4 is 17.4 Å². The molecule has 32 heavy (non-hydrogen) atoms. The summed E-state index contributed by atoms with van der Waals surface area (Å²) in [6.07, 6.45) is 3.98. The topological polar surface area (TPSA) is 91.2 Å². The molecule has 1 aromatic heterocycles. The van der Waals surface area contributed by atoms with E-state index in [4.69, 9.17) is 10.1 Å². The molecule has 1 saturated heterocycles. The highest BCUT2D eigenvalue weighted by molar-refractivity contribution is 6.13. The van der Waals surface area contributed by atoms with Crippen molar-refractivity contribution < 1.29 is 9.53 Å². The summed E-state index contributed by atoms with van der Waals surface area (Å²) in [5, 5.41) is 11.9. The van der Waals surface area contributed by atoms with Gasteiger partial charge in [-0.15, -0.1) is 0 Å². The molecule has 4 rings (SSSR count). The van der Waals surface area contributed by atoms with E-state index in [9.17, 15) is 4.79 Å². The lowest BCUT2D eigenvalue weighted by Gasteiger charge is -2.39. The molecule has 0 bridgehead atoms. The van der Waals surface area contributed by atoms with Crippen molar-refractivity contribution in [2.45, 2.75) is 19.4 Å². The number of hydrogen-bond acceptors (Lipinski definition) is 6. The third-order valence-electron chi connectivity index (χ3n) is 5.25. The van der Waals surface area contributed by atoms with E-state index in [2.05, 4.69) is 27.1 Å². The van der Waals surface area contributed by atoms with Crippen LogP contribution in [0, 0.1) is 17.3 Å². The summed E-state index contributed by atoms with van der Waals surface area (Å²) in [5.41, 5.74) is 1.62. The van der Waals surface area contributed by atoms with Gasteiger partial charge in [-0.1, -0.05) is 24.1 Å². The summed E-state index contributed by atoms with van der Waals surface area (Å²) in [6.45, 7) is 2.91. The van der Waals surface area contributed by atoms with E-state index in [0.29, 0.717) is 35.9 Å². The van der Waals surface area contributed by atoms with Gasteiger partial charge >= 0.3 is 0 Å². The van der Waals surface area contributed by atoms with Gasteiger partial charge in [0.05, 0.1) is 17.3 Å². The Balaban J connectivity index is 1.43. The maximum Gasteiger partial charge on any atom is 0.298 e. The first-order valence-electron chi connectivity index (χ1n) is 10.3. The summed E-state index contributed by atoms with van der Waals surface area (Å²) in [5.74, 6) is 7.10. The molecule has 7 heteroatoms. The van der Waals surface area contributed by atoms with E-state index >= 15 is 0 Å². The molecule has 1 aliphatic heterocycles. The van der Waals surface area contributed by atoms with Crippen LogP contribution in [0.2, 0.25) is 0 Å². The largest absolute Gasteiger partial charge is 0.457 e. The summed E-state index contributed by atoms with van der Waals surface area (Å²) >= 11 is 0. The fraction of sp³-hybridized carbons (Fsp3) is 0.200. The molecule has 2 N–H and O–H groups in total. The number of para-hydroxylation sites is 1. The Kier molecular flexibility index (Phi) is 6.42. The van der Waals surface area contributed by atoms with Gasteiger partial charge in [-0.2, -0.15) is 0 Å². The van der Waals surface area contributed by atoms with E-state index in [1.807, 2.05) is 54.6 Å². The molecule has 0 radical (unpaired) electrons. The quantitative estimate of drug-likeness (QED) is 0.445. The van der Waals surface area contributed by atoms with Crippen molar-refractivity contribution in [3.8, 4) is 23.3 Å². The van der Waals surface area contributed by atoms with Crippen molar-refractivity contribution in [1.29, 1.82) is 5.41 Å². The molecule has 1 unspecified atom stereocenters. The molecule has 1 aliphatic rings. The summed E-state index contributed by atoms with van der Waals surface area (Å²) in [4.78, 5) is 22.2. The van der Waals surface area contributed by atoms with Crippen LogP contribution in [0.1, 0.15) is 24.5 Å². The zero-order valence-electron chi connectivity index (χ0n) is 17.7. The average molecular weight is 425 g/mol. The number of carbonyl (C=O) groups excluding carboxylic acids is 1. The molecule has 0 saturated carbocycles. The number of likely N-dealkylation sites (tertiary alicyclic amines) is 1. The average Bonchev–Trinajstić information content (AvgIpc) is 2.80. The van der Waals surface area contributed by atoms with Crippen LogP contribution in [-0.4, -0.2) is 45.6 Å². The molecular formula is C25H23N5O2. The zero-order valence-corrected chi connectivity index (χ0v) is 17.7. The first-order chi connectivity index (χ1) is 15.7. The number of hydrogen-bond donors (Lipinski definition) is 2. The highest BCUT2D eigenvalue weighted by Crippen LogP contribution is 2.24. The second-order valence-corrected chi connectivity index (χ2v) is 7.30. The van der Waals surface area contributed by atoms with E-state index in [-0.39, 0.29) is 11.9 Å². The van der Waals surface area contributed by atoms with Gasteiger partial charge in [0.25, 0.3) is 5.91 Å². The van der Waals surface area contributed by atoms with Crippen LogP contribution in [0.3, 0.4) is 0 Å². The number of aromatic nitrogens is 2. The summed E-state index contributed by atoms with van der Waals surface area (Å²) in [6, 6.07) is 17.0. The van der Waals surface area contributed by atoms with Gasteiger partial charge in [0.1, 0.15) is 23.6 Å². The number of carbonyl (C=O) groups is 1. The highest BCUT2D eigenvalue weighted by atomic mass is 16.5. The number of benzene rings is 2. The third kappa shape index (κ3) is 4.76.